The van der Waals surface area contributed by atoms with Crippen LogP contribution >= 0.6 is 11.3 Å². The molecule has 1 aromatic carbocycles. The van der Waals surface area contributed by atoms with Crippen molar-refractivity contribution in [2.75, 3.05) is 0 Å². The minimum Gasteiger partial charge on any atom is -0.352 e. The zero-order chi connectivity index (χ0) is 18.5. The van der Waals surface area contributed by atoms with Crippen molar-refractivity contribution in [1.82, 2.24) is 15.1 Å². The van der Waals surface area contributed by atoms with Crippen LogP contribution in [0.4, 0.5) is 0 Å². The van der Waals surface area contributed by atoms with E-state index < -0.39 is 0 Å². The predicted octanol–water partition coefficient (Wildman–Crippen LogP) is 3.83. The van der Waals surface area contributed by atoms with Gasteiger partial charge in [-0.15, -0.1) is 11.3 Å². The molecule has 2 aromatic heterocycles. The number of amides is 1. The van der Waals surface area contributed by atoms with Crippen LogP contribution in [0.3, 0.4) is 0 Å². The molecule has 0 aliphatic carbocycles. The van der Waals surface area contributed by atoms with Crippen molar-refractivity contribution in [3.8, 4) is 5.69 Å². The van der Waals surface area contributed by atoms with Crippen molar-refractivity contribution >= 4 is 23.0 Å². The third-order valence-corrected chi connectivity index (χ3v) is 5.19. The van der Waals surface area contributed by atoms with Gasteiger partial charge in [0, 0.05) is 30.6 Å². The van der Waals surface area contributed by atoms with Crippen LogP contribution in [-0.4, -0.2) is 21.5 Å². The Kier molecular flexibility index (Phi) is 5.63. The summed E-state index contributed by atoms with van der Waals surface area (Å²) in [4.78, 5) is 24.8. The summed E-state index contributed by atoms with van der Waals surface area (Å²) in [5, 5.41) is 9.35. The second-order valence-corrected chi connectivity index (χ2v) is 7.02. The van der Waals surface area contributed by atoms with E-state index in [1.165, 1.54) is 11.3 Å². The average molecular weight is 367 g/mol. The number of nitrogens with zero attached hydrogens (tertiary/aromatic N) is 2. The number of benzene rings is 1. The van der Waals surface area contributed by atoms with Crippen LogP contribution in [-0.2, 0) is 11.3 Å². The first-order chi connectivity index (χ1) is 12.6. The molecule has 1 amide bonds. The van der Waals surface area contributed by atoms with Gasteiger partial charge in [0.15, 0.2) is 5.78 Å². The zero-order valence-electron chi connectivity index (χ0n) is 14.9. The quantitative estimate of drug-likeness (QED) is 0.646. The molecule has 3 aromatic rings. The summed E-state index contributed by atoms with van der Waals surface area (Å²) in [5.41, 5.74) is 3.89. The molecule has 3 rings (SSSR count). The number of thiophene rings is 1. The molecule has 0 spiro atoms. The Morgan fingerprint density at radius 3 is 2.54 bits per heavy atom. The highest BCUT2D eigenvalue weighted by Crippen LogP contribution is 2.18. The predicted molar refractivity (Wildman–Crippen MR) is 103 cm³/mol. The fourth-order valence-electron chi connectivity index (χ4n) is 2.81. The Bertz CT molecular complexity index is 899. The van der Waals surface area contributed by atoms with E-state index in [1.54, 1.807) is 6.07 Å². The molecule has 0 aliphatic heterocycles. The molecule has 0 aliphatic rings. The molecule has 5 nitrogen and oxygen atoms in total. The van der Waals surface area contributed by atoms with Gasteiger partial charge in [-0.1, -0.05) is 24.3 Å². The van der Waals surface area contributed by atoms with E-state index in [9.17, 15) is 9.59 Å². The first kappa shape index (κ1) is 18.1. The summed E-state index contributed by atoms with van der Waals surface area (Å²) in [7, 11) is 0. The first-order valence-electron chi connectivity index (χ1n) is 8.50. The summed E-state index contributed by atoms with van der Waals surface area (Å²) in [6.07, 6.45) is 0.426. The van der Waals surface area contributed by atoms with Crippen LogP contribution in [0.2, 0.25) is 0 Å². The topological polar surface area (TPSA) is 64.0 Å². The second-order valence-electron chi connectivity index (χ2n) is 6.07. The van der Waals surface area contributed by atoms with Crippen molar-refractivity contribution < 1.29 is 9.59 Å². The van der Waals surface area contributed by atoms with Crippen molar-refractivity contribution in [2.45, 2.75) is 33.2 Å². The van der Waals surface area contributed by atoms with Crippen molar-refractivity contribution in [1.29, 1.82) is 0 Å². The average Bonchev–Trinajstić information content (AvgIpc) is 3.28. The van der Waals surface area contributed by atoms with Gasteiger partial charge in [0.1, 0.15) is 0 Å². The largest absolute Gasteiger partial charge is 0.352 e. The number of nitrogens with one attached hydrogen (secondary N) is 1. The number of hydrogen-bond donors (Lipinski definition) is 1. The molecule has 0 fully saturated rings. The first-order valence-corrected chi connectivity index (χ1v) is 9.38. The maximum atomic E-state index is 12.1. The molecule has 2 heterocycles. The number of aryl methyl sites for hydroxylation is 1. The van der Waals surface area contributed by atoms with Gasteiger partial charge < -0.3 is 5.32 Å². The molecule has 0 saturated carbocycles. The van der Waals surface area contributed by atoms with E-state index in [-0.39, 0.29) is 24.5 Å². The molecule has 26 heavy (non-hydrogen) atoms. The van der Waals surface area contributed by atoms with Crippen LogP contribution in [0.25, 0.3) is 5.69 Å². The minimum atomic E-state index is -0.124. The number of para-hydroxylation sites is 1. The third-order valence-electron chi connectivity index (χ3n) is 4.28. The Morgan fingerprint density at radius 1 is 1.08 bits per heavy atom. The number of hydrogen-bond acceptors (Lipinski definition) is 4. The Labute approximate surface area is 156 Å². The van der Waals surface area contributed by atoms with Crippen molar-refractivity contribution in [2.24, 2.45) is 0 Å². The highest BCUT2D eigenvalue weighted by molar-refractivity contribution is 7.12. The van der Waals surface area contributed by atoms with E-state index in [2.05, 4.69) is 10.4 Å². The van der Waals surface area contributed by atoms with Crippen LogP contribution in [0.15, 0.2) is 47.8 Å². The van der Waals surface area contributed by atoms with Gasteiger partial charge in [0.2, 0.25) is 5.91 Å². The van der Waals surface area contributed by atoms with Crippen LogP contribution in [0.1, 0.15) is 39.5 Å². The summed E-state index contributed by atoms with van der Waals surface area (Å²) < 4.78 is 1.89. The third kappa shape index (κ3) is 4.08. The lowest BCUT2D eigenvalue weighted by Crippen LogP contribution is -2.23. The van der Waals surface area contributed by atoms with Crippen LogP contribution in [0, 0.1) is 13.8 Å². The monoisotopic (exact) mass is 367 g/mol. The maximum Gasteiger partial charge on any atom is 0.220 e. The van der Waals surface area contributed by atoms with E-state index in [0.29, 0.717) is 11.4 Å². The van der Waals surface area contributed by atoms with Gasteiger partial charge in [-0.2, -0.15) is 5.10 Å². The van der Waals surface area contributed by atoms with Crippen LogP contribution in [0.5, 0.6) is 0 Å². The second kappa shape index (κ2) is 8.10. The van der Waals surface area contributed by atoms with E-state index in [0.717, 1.165) is 22.6 Å². The highest BCUT2D eigenvalue weighted by Gasteiger charge is 2.14. The Balaban J connectivity index is 1.58. The smallest absolute Gasteiger partial charge is 0.220 e. The molecule has 0 saturated heterocycles. The summed E-state index contributed by atoms with van der Waals surface area (Å²) in [6, 6.07) is 13.5. The number of Topliss-reactive ketones (excluding diaryl/α,β-unsaturated/α-hetero) is 1. The maximum absolute atomic E-state index is 12.1. The van der Waals surface area contributed by atoms with Gasteiger partial charge in [-0.25, -0.2) is 4.68 Å². The minimum absolute atomic E-state index is 0.0133. The standard InChI is InChI=1S/C20H21N3O2S/c1-14-17(15(2)23(22-14)16-7-4-3-5-8-16)13-21-20(25)11-10-18(24)19-9-6-12-26-19/h3-9,12H,10-11,13H2,1-2H3,(H,21,25). The number of carbonyl (C=O) groups is 2. The van der Waals surface area contributed by atoms with E-state index in [4.69, 9.17) is 0 Å². The molecular weight excluding hydrogens is 346 g/mol. The SMILES string of the molecule is Cc1nn(-c2ccccc2)c(C)c1CNC(=O)CCC(=O)c1cccs1. The summed E-state index contributed by atoms with van der Waals surface area (Å²) in [6.45, 7) is 4.35. The van der Waals surface area contributed by atoms with Gasteiger partial charge >= 0.3 is 0 Å². The van der Waals surface area contributed by atoms with Gasteiger partial charge in [0.05, 0.1) is 16.3 Å². The molecule has 0 radical (unpaired) electrons. The Morgan fingerprint density at radius 2 is 1.85 bits per heavy atom. The van der Waals surface area contributed by atoms with Crippen molar-refractivity contribution in [3.05, 3.63) is 69.7 Å². The lowest BCUT2D eigenvalue weighted by atomic mass is 10.1. The number of aromatic nitrogens is 2. The Hall–Kier alpha value is -2.73. The van der Waals surface area contributed by atoms with E-state index in [1.807, 2.05) is 60.3 Å². The normalized spacial score (nSPS) is 10.7. The van der Waals surface area contributed by atoms with E-state index >= 15 is 0 Å². The molecule has 6 heteroatoms. The number of carbonyl (C=O) groups excluding carboxylic acids is 2. The van der Waals surface area contributed by atoms with Crippen molar-refractivity contribution in [3.63, 3.8) is 0 Å². The lowest BCUT2D eigenvalue weighted by Gasteiger charge is -2.07. The zero-order valence-corrected chi connectivity index (χ0v) is 15.7. The molecule has 0 atom stereocenters. The number of rotatable bonds is 7. The van der Waals surface area contributed by atoms with Gasteiger partial charge in [-0.3, -0.25) is 9.59 Å². The van der Waals surface area contributed by atoms with Gasteiger partial charge in [0.25, 0.3) is 0 Å². The summed E-state index contributed by atoms with van der Waals surface area (Å²) >= 11 is 1.41. The molecule has 0 unspecified atom stereocenters. The molecule has 1 N–H and O–H groups in total. The molecule has 134 valence electrons. The lowest BCUT2D eigenvalue weighted by molar-refractivity contribution is -0.121. The van der Waals surface area contributed by atoms with Gasteiger partial charge in [-0.05, 0) is 37.4 Å². The fourth-order valence-corrected chi connectivity index (χ4v) is 3.51. The highest BCUT2D eigenvalue weighted by atomic mass is 32.1. The molecule has 0 bridgehead atoms. The summed E-state index contributed by atoms with van der Waals surface area (Å²) in [5.74, 6) is -0.111. The fraction of sp³-hybridized carbons (Fsp3) is 0.250. The molecular formula is C20H21N3O2S. The van der Waals surface area contributed by atoms with Crippen LogP contribution < -0.4 is 5.32 Å². The number of ketones is 1.